The van der Waals surface area contributed by atoms with Crippen molar-refractivity contribution in [3.8, 4) is 0 Å². The van der Waals surface area contributed by atoms with Crippen molar-refractivity contribution in [1.82, 2.24) is 4.72 Å². The lowest BCUT2D eigenvalue weighted by Crippen LogP contribution is -2.43. The number of alkyl halides is 2. The fourth-order valence-corrected chi connectivity index (χ4v) is 3.86. The lowest BCUT2D eigenvalue weighted by atomic mass is 9.97. The van der Waals surface area contributed by atoms with Crippen LogP contribution in [0.25, 0.3) is 5.57 Å². The summed E-state index contributed by atoms with van der Waals surface area (Å²) in [4.78, 5) is 26.8. The summed E-state index contributed by atoms with van der Waals surface area (Å²) >= 11 is 0. The van der Waals surface area contributed by atoms with Crippen molar-refractivity contribution >= 4 is 34.2 Å². The highest BCUT2D eigenvalue weighted by molar-refractivity contribution is 7.84. The third-order valence-electron chi connectivity index (χ3n) is 4.48. The van der Waals surface area contributed by atoms with Gasteiger partial charge in [0.1, 0.15) is 5.60 Å². The Labute approximate surface area is 184 Å². The van der Waals surface area contributed by atoms with Gasteiger partial charge in [0.15, 0.2) is 0 Å². The monoisotopic (exact) mass is 456 g/mol. The van der Waals surface area contributed by atoms with Crippen molar-refractivity contribution in [2.24, 2.45) is 0 Å². The van der Waals surface area contributed by atoms with Gasteiger partial charge in [0, 0.05) is 11.1 Å². The summed E-state index contributed by atoms with van der Waals surface area (Å²) < 4.78 is 46.8. The smallest absolute Gasteiger partial charge is 0.422 e. The van der Waals surface area contributed by atoms with E-state index >= 15 is 0 Å². The van der Waals surface area contributed by atoms with Crippen LogP contribution in [0.1, 0.15) is 60.5 Å². The van der Waals surface area contributed by atoms with Gasteiger partial charge < -0.3 is 4.74 Å². The molecule has 0 spiro atoms. The third kappa shape index (κ3) is 5.98. The third-order valence-corrected chi connectivity index (χ3v) is 6.11. The average molecular weight is 457 g/mol. The molecule has 1 aromatic carbocycles. The van der Waals surface area contributed by atoms with Crippen LogP contribution >= 0.6 is 0 Å². The Balaban J connectivity index is 2.42. The van der Waals surface area contributed by atoms with E-state index in [-0.39, 0.29) is 12.0 Å². The van der Waals surface area contributed by atoms with Crippen molar-refractivity contribution in [2.75, 3.05) is 4.90 Å². The van der Waals surface area contributed by atoms with Crippen LogP contribution in [0.3, 0.4) is 0 Å². The fourth-order valence-electron chi connectivity index (χ4n) is 3.05. The van der Waals surface area contributed by atoms with Crippen LogP contribution in [0.4, 0.5) is 19.3 Å². The van der Waals surface area contributed by atoms with Crippen molar-refractivity contribution in [3.05, 3.63) is 35.4 Å². The number of nitrogens with zero attached hydrogens (tertiary/aromatic N) is 1. The number of benzene rings is 1. The molecule has 1 aromatic rings. The molecular weight excluding hydrogens is 426 g/mol. The zero-order valence-corrected chi connectivity index (χ0v) is 19.7. The van der Waals surface area contributed by atoms with Gasteiger partial charge in [0.2, 0.25) is 0 Å². The van der Waals surface area contributed by atoms with E-state index < -0.39 is 45.8 Å². The summed E-state index contributed by atoms with van der Waals surface area (Å²) in [7, 11) is -1.71. The second kappa shape index (κ2) is 9.16. The quantitative estimate of drug-likeness (QED) is 0.645. The lowest BCUT2D eigenvalue weighted by Gasteiger charge is -2.24. The maximum Gasteiger partial charge on any atom is 0.422 e. The largest absolute Gasteiger partial charge is 0.443 e. The molecular formula is C22H30F2N2O4S. The van der Waals surface area contributed by atoms with Crippen LogP contribution < -0.4 is 9.62 Å². The fraction of sp³-hybridized carbons (Fsp3) is 0.545. The molecule has 2 atom stereocenters. The van der Waals surface area contributed by atoms with Gasteiger partial charge in [-0.05, 0) is 61.0 Å². The highest BCUT2D eigenvalue weighted by atomic mass is 32.2. The predicted molar refractivity (Wildman–Crippen MR) is 118 cm³/mol. The van der Waals surface area contributed by atoms with Gasteiger partial charge in [0.05, 0.1) is 27.5 Å². The number of rotatable bonds is 5. The van der Waals surface area contributed by atoms with Gasteiger partial charge in [-0.2, -0.15) is 0 Å². The van der Waals surface area contributed by atoms with E-state index in [0.29, 0.717) is 16.8 Å². The number of amides is 2. The van der Waals surface area contributed by atoms with Gasteiger partial charge in [-0.3, -0.25) is 4.79 Å². The van der Waals surface area contributed by atoms with Crippen molar-refractivity contribution in [3.63, 3.8) is 0 Å². The zero-order chi connectivity index (χ0) is 23.7. The molecule has 1 aliphatic heterocycles. The molecule has 1 N–H and O–H groups in total. The summed E-state index contributed by atoms with van der Waals surface area (Å²) in [6.45, 7) is 11.7. The molecule has 0 aliphatic carbocycles. The molecule has 1 aliphatic rings. The van der Waals surface area contributed by atoms with Gasteiger partial charge in [-0.1, -0.05) is 23.8 Å². The summed E-state index contributed by atoms with van der Waals surface area (Å²) in [5.41, 5.74) is 0.551. The first-order chi connectivity index (χ1) is 14.1. The molecule has 0 unspecified atom stereocenters. The normalized spacial score (nSPS) is 18.1. The van der Waals surface area contributed by atoms with Crippen LogP contribution in [0.2, 0.25) is 0 Å². The maximum absolute atomic E-state index is 13.7. The van der Waals surface area contributed by atoms with E-state index in [1.807, 2.05) is 0 Å². The molecule has 2 amide bonds. The molecule has 0 radical (unpaired) electrons. The molecule has 6 nitrogen and oxygen atoms in total. The zero-order valence-electron chi connectivity index (χ0n) is 18.9. The first kappa shape index (κ1) is 25.1. The number of ether oxygens (including phenoxy) is 1. The number of anilines is 1. The van der Waals surface area contributed by atoms with Crippen LogP contribution in [0.15, 0.2) is 29.8 Å². The number of fused-ring (bicyclic) bond motifs is 1. The standard InChI is InChI=1S/C22H30F2N2O4S/c1-13(12-15(18(23)24)25-31(29)22(5,6)7)17-14-10-8-9-11-16(14)26(19(17)27)20(28)30-21(2,3)4/h8-11,15,18,25H,12H2,1-7H3/b17-13-/t15-,31-/m0/s1. The Kier molecular flexibility index (Phi) is 7.43. The minimum absolute atomic E-state index is 0.176. The van der Waals surface area contributed by atoms with E-state index in [1.54, 1.807) is 72.7 Å². The minimum atomic E-state index is -2.80. The van der Waals surface area contributed by atoms with Crippen LogP contribution in [-0.4, -0.2) is 39.0 Å². The average Bonchev–Trinajstić information content (AvgIpc) is 2.90. The number of carbonyl (C=O) groups excluding carboxylic acids is 2. The second-order valence-electron chi connectivity index (χ2n) is 9.44. The Morgan fingerprint density at radius 1 is 1.16 bits per heavy atom. The molecule has 0 saturated carbocycles. The van der Waals surface area contributed by atoms with Crippen LogP contribution in [-0.2, 0) is 20.5 Å². The Hall–Kier alpha value is -2.13. The van der Waals surface area contributed by atoms with Gasteiger partial charge in [-0.15, -0.1) is 0 Å². The Bertz CT molecular complexity index is 917. The molecule has 9 heteroatoms. The summed E-state index contributed by atoms with van der Waals surface area (Å²) in [6.07, 6.45) is -3.84. The number of nitrogens with one attached hydrogen (secondary N) is 1. The van der Waals surface area contributed by atoms with Crippen molar-refractivity contribution in [1.29, 1.82) is 0 Å². The number of imide groups is 1. The first-order valence-electron chi connectivity index (χ1n) is 9.96. The summed E-state index contributed by atoms with van der Waals surface area (Å²) in [5.74, 6) is -0.627. The summed E-state index contributed by atoms with van der Waals surface area (Å²) in [5, 5.41) is 0. The minimum Gasteiger partial charge on any atom is -0.443 e. The number of hydrogen-bond donors (Lipinski definition) is 1. The molecule has 0 bridgehead atoms. The highest BCUT2D eigenvalue weighted by Crippen LogP contribution is 2.40. The molecule has 31 heavy (non-hydrogen) atoms. The van der Waals surface area contributed by atoms with E-state index in [1.165, 1.54) is 0 Å². The van der Waals surface area contributed by atoms with E-state index in [0.717, 1.165) is 4.90 Å². The summed E-state index contributed by atoms with van der Waals surface area (Å²) in [6, 6.07) is 5.24. The van der Waals surface area contributed by atoms with Crippen molar-refractivity contribution in [2.45, 2.75) is 77.7 Å². The predicted octanol–water partition coefficient (Wildman–Crippen LogP) is 4.82. The lowest BCUT2D eigenvalue weighted by molar-refractivity contribution is -0.112. The number of halogens is 2. The second-order valence-corrected chi connectivity index (χ2v) is 11.4. The molecule has 172 valence electrons. The van der Waals surface area contributed by atoms with E-state index in [4.69, 9.17) is 4.74 Å². The van der Waals surface area contributed by atoms with E-state index in [2.05, 4.69) is 4.72 Å². The van der Waals surface area contributed by atoms with Gasteiger partial charge in [0.25, 0.3) is 12.3 Å². The topological polar surface area (TPSA) is 75.7 Å². The molecule has 0 aromatic heterocycles. The van der Waals surface area contributed by atoms with E-state index in [9.17, 15) is 22.6 Å². The van der Waals surface area contributed by atoms with Crippen LogP contribution in [0, 0.1) is 0 Å². The van der Waals surface area contributed by atoms with Crippen LogP contribution in [0.5, 0.6) is 0 Å². The Morgan fingerprint density at radius 3 is 2.26 bits per heavy atom. The maximum atomic E-state index is 13.7. The highest BCUT2D eigenvalue weighted by Gasteiger charge is 2.40. The van der Waals surface area contributed by atoms with Gasteiger partial charge >= 0.3 is 6.09 Å². The van der Waals surface area contributed by atoms with Crippen molar-refractivity contribution < 1.29 is 27.3 Å². The Morgan fingerprint density at radius 2 is 1.74 bits per heavy atom. The van der Waals surface area contributed by atoms with Gasteiger partial charge in [-0.25, -0.2) is 27.4 Å². The number of hydrogen-bond acceptors (Lipinski definition) is 4. The molecule has 0 fully saturated rings. The molecule has 2 rings (SSSR count). The first-order valence-corrected chi connectivity index (χ1v) is 11.1. The SMILES string of the molecule is C/C(C[C@H](N[S@@](=O)C(C)(C)C)C(F)F)=C1/C(=O)N(C(=O)OC(C)(C)C)c2ccccc21. The number of carbonyl (C=O) groups is 2. The molecule has 1 heterocycles. The molecule has 0 saturated heterocycles. The number of para-hydroxylation sites is 1.